The molecule has 0 radical (unpaired) electrons. The van der Waals surface area contributed by atoms with Gasteiger partial charge in [0.1, 0.15) is 11.7 Å². The van der Waals surface area contributed by atoms with Crippen molar-refractivity contribution >= 4 is 28.6 Å². The minimum atomic E-state index is -1.01. The molecule has 0 aromatic carbocycles. The lowest BCUT2D eigenvalue weighted by Gasteiger charge is -2.23. The maximum atomic E-state index is 12.9. The summed E-state index contributed by atoms with van der Waals surface area (Å²) in [6.45, 7) is 0.174. The molecular formula is C8H13FINO2. The summed E-state index contributed by atoms with van der Waals surface area (Å²) in [4.78, 5) is 10.9. The van der Waals surface area contributed by atoms with Crippen LogP contribution >= 0.6 is 22.6 Å². The molecule has 1 aliphatic heterocycles. The normalized spacial score (nSPS) is 33.5. The van der Waals surface area contributed by atoms with Gasteiger partial charge in [-0.25, -0.2) is 4.39 Å². The number of nitrogens with one attached hydrogen (secondary N) is 1. The highest BCUT2D eigenvalue weighted by Gasteiger charge is 2.44. The second kappa shape index (κ2) is 4.54. The van der Waals surface area contributed by atoms with Gasteiger partial charge in [-0.15, -0.1) is 0 Å². The predicted octanol–water partition coefficient (Wildman–Crippen LogP) is 1.36. The summed E-state index contributed by atoms with van der Waals surface area (Å²) in [5.74, 6) is -0.919. The van der Waals surface area contributed by atoms with Gasteiger partial charge in [-0.3, -0.25) is 10.1 Å². The molecule has 1 fully saturated rings. The van der Waals surface area contributed by atoms with E-state index < -0.39 is 17.7 Å². The lowest BCUT2D eigenvalue weighted by Crippen LogP contribution is -2.47. The first kappa shape index (κ1) is 11.2. The van der Waals surface area contributed by atoms with E-state index in [4.69, 9.17) is 5.11 Å². The molecule has 1 saturated heterocycles. The van der Waals surface area contributed by atoms with Gasteiger partial charge in [0.15, 0.2) is 0 Å². The first-order valence-corrected chi connectivity index (χ1v) is 5.82. The second-order valence-electron chi connectivity index (χ2n) is 3.36. The van der Waals surface area contributed by atoms with Gasteiger partial charge in [-0.05, 0) is 17.3 Å². The highest BCUT2D eigenvalue weighted by molar-refractivity contribution is 14.1. The fourth-order valence-corrected chi connectivity index (χ4v) is 2.04. The lowest BCUT2D eigenvalue weighted by molar-refractivity contribution is -0.144. The topological polar surface area (TPSA) is 49.3 Å². The van der Waals surface area contributed by atoms with E-state index in [9.17, 15) is 9.18 Å². The van der Waals surface area contributed by atoms with Crippen molar-refractivity contribution in [2.45, 2.75) is 31.0 Å². The third kappa shape index (κ3) is 2.52. The van der Waals surface area contributed by atoms with Crippen molar-refractivity contribution in [2.24, 2.45) is 0 Å². The van der Waals surface area contributed by atoms with Crippen LogP contribution in [0.5, 0.6) is 0 Å². The maximum absolute atomic E-state index is 12.9. The number of hydrogen-bond acceptors (Lipinski definition) is 2. The second-order valence-corrected chi connectivity index (χ2v) is 4.44. The van der Waals surface area contributed by atoms with E-state index in [1.54, 1.807) is 0 Å². The molecule has 0 aromatic heterocycles. The van der Waals surface area contributed by atoms with Crippen molar-refractivity contribution in [3.05, 3.63) is 0 Å². The Labute approximate surface area is 90.2 Å². The Morgan fingerprint density at radius 3 is 2.85 bits per heavy atom. The van der Waals surface area contributed by atoms with Gasteiger partial charge in [-0.1, -0.05) is 22.6 Å². The fourth-order valence-electron chi connectivity index (χ4n) is 1.66. The lowest BCUT2D eigenvalue weighted by atomic mass is 9.92. The van der Waals surface area contributed by atoms with Crippen LogP contribution < -0.4 is 5.32 Å². The number of aliphatic carboxylic acids is 1. The Balaban J connectivity index is 2.60. The molecule has 0 aromatic rings. The summed E-state index contributed by atoms with van der Waals surface area (Å²) in [5.41, 5.74) is -0.995. The van der Waals surface area contributed by atoms with Crippen molar-refractivity contribution in [1.29, 1.82) is 0 Å². The van der Waals surface area contributed by atoms with Gasteiger partial charge in [0.2, 0.25) is 0 Å². The van der Waals surface area contributed by atoms with E-state index in [-0.39, 0.29) is 13.0 Å². The Hall–Kier alpha value is 0.0900. The van der Waals surface area contributed by atoms with E-state index in [0.717, 1.165) is 10.8 Å². The van der Waals surface area contributed by atoms with E-state index >= 15 is 0 Å². The van der Waals surface area contributed by atoms with E-state index in [0.29, 0.717) is 6.42 Å². The summed E-state index contributed by atoms with van der Waals surface area (Å²) in [5, 5.41) is 11.8. The molecule has 1 aliphatic rings. The average Bonchev–Trinajstić information content (AvgIpc) is 2.45. The standard InChI is InChI=1S/C8H13FINO2/c9-6-4-8(7(12)13,11-5-6)2-1-3-10/h6,11H,1-5H2,(H,12,13). The summed E-state index contributed by atoms with van der Waals surface area (Å²) in [7, 11) is 0. The van der Waals surface area contributed by atoms with Crippen LogP contribution in [0.4, 0.5) is 4.39 Å². The third-order valence-corrected chi connectivity index (χ3v) is 3.14. The van der Waals surface area contributed by atoms with Crippen LogP contribution in [-0.4, -0.2) is 33.8 Å². The molecule has 0 aliphatic carbocycles. The first-order chi connectivity index (χ1) is 6.10. The number of halogens is 2. The molecule has 2 atom stereocenters. The van der Waals surface area contributed by atoms with Crippen LogP contribution in [0.15, 0.2) is 0 Å². The first-order valence-electron chi connectivity index (χ1n) is 4.29. The summed E-state index contributed by atoms with van der Waals surface area (Å²) < 4.78 is 13.8. The van der Waals surface area contributed by atoms with Crippen molar-refractivity contribution < 1.29 is 14.3 Å². The molecule has 0 saturated carbocycles. The molecule has 0 amide bonds. The molecule has 76 valence electrons. The largest absolute Gasteiger partial charge is 0.480 e. The Kier molecular flexibility index (Phi) is 3.90. The molecule has 0 spiro atoms. The zero-order valence-corrected chi connectivity index (χ0v) is 9.38. The number of rotatable bonds is 4. The Morgan fingerprint density at radius 1 is 1.77 bits per heavy atom. The number of carboxylic acid groups (broad SMARTS) is 1. The van der Waals surface area contributed by atoms with Gasteiger partial charge in [0.25, 0.3) is 0 Å². The van der Waals surface area contributed by atoms with Gasteiger partial charge in [0.05, 0.1) is 0 Å². The fraction of sp³-hybridized carbons (Fsp3) is 0.875. The van der Waals surface area contributed by atoms with E-state index in [1.165, 1.54) is 0 Å². The van der Waals surface area contributed by atoms with Crippen molar-refractivity contribution in [1.82, 2.24) is 5.32 Å². The van der Waals surface area contributed by atoms with E-state index in [2.05, 4.69) is 27.9 Å². The van der Waals surface area contributed by atoms with Crippen LogP contribution in [0.25, 0.3) is 0 Å². The maximum Gasteiger partial charge on any atom is 0.324 e. The SMILES string of the molecule is O=C(O)C1(CCCI)CC(F)CN1. The van der Waals surface area contributed by atoms with Crippen LogP contribution in [-0.2, 0) is 4.79 Å². The highest BCUT2D eigenvalue weighted by Crippen LogP contribution is 2.27. The minimum Gasteiger partial charge on any atom is -0.480 e. The number of carbonyl (C=O) groups is 1. The summed E-state index contributed by atoms with van der Waals surface area (Å²) in [6.07, 6.45) is 0.433. The summed E-state index contributed by atoms with van der Waals surface area (Å²) >= 11 is 2.19. The van der Waals surface area contributed by atoms with Crippen LogP contribution in [0.1, 0.15) is 19.3 Å². The van der Waals surface area contributed by atoms with Gasteiger partial charge < -0.3 is 5.11 Å². The van der Waals surface area contributed by atoms with Crippen molar-refractivity contribution in [3.63, 3.8) is 0 Å². The minimum absolute atomic E-state index is 0.110. The third-order valence-electron chi connectivity index (χ3n) is 2.38. The number of hydrogen-bond donors (Lipinski definition) is 2. The average molecular weight is 301 g/mol. The molecule has 1 heterocycles. The smallest absolute Gasteiger partial charge is 0.324 e. The Bertz CT molecular complexity index is 203. The van der Waals surface area contributed by atoms with Gasteiger partial charge in [0, 0.05) is 13.0 Å². The molecule has 3 nitrogen and oxygen atoms in total. The molecule has 13 heavy (non-hydrogen) atoms. The van der Waals surface area contributed by atoms with Crippen LogP contribution in [0.3, 0.4) is 0 Å². The van der Waals surface area contributed by atoms with Crippen LogP contribution in [0, 0.1) is 0 Å². The zero-order valence-electron chi connectivity index (χ0n) is 7.22. The molecular weight excluding hydrogens is 288 g/mol. The highest BCUT2D eigenvalue weighted by atomic mass is 127. The number of carboxylic acids is 1. The predicted molar refractivity (Wildman–Crippen MR) is 56.0 cm³/mol. The quantitative estimate of drug-likeness (QED) is 0.609. The van der Waals surface area contributed by atoms with Crippen molar-refractivity contribution in [3.8, 4) is 0 Å². The van der Waals surface area contributed by atoms with Crippen molar-refractivity contribution in [2.75, 3.05) is 11.0 Å². The zero-order chi connectivity index (χ0) is 9.90. The Morgan fingerprint density at radius 2 is 2.46 bits per heavy atom. The monoisotopic (exact) mass is 301 g/mol. The van der Waals surface area contributed by atoms with E-state index in [1.807, 2.05) is 0 Å². The molecule has 2 unspecified atom stereocenters. The molecule has 1 rings (SSSR count). The molecule has 2 N–H and O–H groups in total. The summed E-state index contributed by atoms with van der Waals surface area (Å²) in [6, 6.07) is 0. The molecule has 5 heteroatoms. The molecule has 0 bridgehead atoms. The van der Waals surface area contributed by atoms with Crippen LogP contribution in [0.2, 0.25) is 0 Å². The van der Waals surface area contributed by atoms with Gasteiger partial charge >= 0.3 is 5.97 Å². The van der Waals surface area contributed by atoms with Gasteiger partial charge in [-0.2, -0.15) is 0 Å². The number of alkyl halides is 2.